The highest BCUT2D eigenvalue weighted by Crippen LogP contribution is 2.14. The van der Waals surface area contributed by atoms with Gasteiger partial charge < -0.3 is 14.8 Å². The predicted octanol–water partition coefficient (Wildman–Crippen LogP) is 1.04. The van der Waals surface area contributed by atoms with Gasteiger partial charge in [-0.05, 0) is 29.5 Å². The van der Waals surface area contributed by atoms with Crippen molar-refractivity contribution < 1.29 is 14.3 Å². The minimum absolute atomic E-state index is 0.0390. The second kappa shape index (κ2) is 6.63. The van der Waals surface area contributed by atoms with Crippen LogP contribution in [0.1, 0.15) is 6.92 Å². The highest BCUT2D eigenvalue weighted by atomic mass is 127. The van der Waals surface area contributed by atoms with E-state index in [9.17, 15) is 4.79 Å². The number of hydrogen-bond acceptors (Lipinski definition) is 5. The minimum atomic E-state index is -0.513. The molecule has 0 aromatic rings. The molecule has 0 aromatic carbocycles. The Bertz CT molecular complexity index is 263. The van der Waals surface area contributed by atoms with Crippen LogP contribution in [0.3, 0.4) is 0 Å². The monoisotopic (exact) mass is 312 g/mol. The van der Waals surface area contributed by atoms with Crippen LogP contribution in [0.4, 0.5) is 0 Å². The molecule has 0 aliphatic rings. The van der Waals surface area contributed by atoms with E-state index in [1.54, 1.807) is 14.0 Å². The lowest BCUT2D eigenvalue weighted by molar-refractivity contribution is -0.136. The molecule has 0 saturated heterocycles. The molecule has 5 nitrogen and oxygen atoms in total. The molecule has 0 amide bonds. The molecule has 0 rings (SSSR count). The van der Waals surface area contributed by atoms with Crippen LogP contribution >= 0.6 is 22.6 Å². The molecule has 0 aliphatic carbocycles. The number of carbonyl (C=O) groups is 1. The summed E-state index contributed by atoms with van der Waals surface area (Å²) in [6.07, 6.45) is 0. The lowest BCUT2D eigenvalue weighted by Gasteiger charge is -2.09. The van der Waals surface area contributed by atoms with Crippen molar-refractivity contribution in [2.24, 2.45) is 0 Å². The van der Waals surface area contributed by atoms with Crippen LogP contribution in [0, 0.1) is 5.41 Å². The standard InChI is InChI=1S/C8H13IN2O3/c1-4-14-7(10)5(9)6(11-2)8(12)13-3/h10-11H,4H2,1-3H3/b6-5+,10-7?. The van der Waals surface area contributed by atoms with Crippen molar-refractivity contribution >= 4 is 34.5 Å². The molecule has 0 radical (unpaired) electrons. The van der Waals surface area contributed by atoms with Crippen LogP contribution in [0.15, 0.2) is 9.28 Å². The second-order valence-electron chi connectivity index (χ2n) is 2.19. The zero-order valence-electron chi connectivity index (χ0n) is 8.31. The first-order valence-electron chi connectivity index (χ1n) is 3.96. The van der Waals surface area contributed by atoms with Gasteiger partial charge in [0.1, 0.15) is 9.28 Å². The van der Waals surface area contributed by atoms with Crippen molar-refractivity contribution in [1.29, 1.82) is 5.41 Å². The van der Waals surface area contributed by atoms with Crippen molar-refractivity contribution in [2.75, 3.05) is 20.8 Å². The van der Waals surface area contributed by atoms with Crippen LogP contribution in [0.5, 0.6) is 0 Å². The number of esters is 1. The smallest absolute Gasteiger partial charge is 0.355 e. The number of hydrogen-bond donors (Lipinski definition) is 2. The lowest BCUT2D eigenvalue weighted by Crippen LogP contribution is -2.21. The van der Waals surface area contributed by atoms with Crippen molar-refractivity contribution in [1.82, 2.24) is 5.32 Å². The number of carbonyl (C=O) groups excluding carboxylic acids is 1. The first-order valence-corrected chi connectivity index (χ1v) is 5.03. The zero-order chi connectivity index (χ0) is 11.1. The van der Waals surface area contributed by atoms with Crippen LogP contribution in [0.2, 0.25) is 0 Å². The maximum Gasteiger partial charge on any atom is 0.355 e. The average molecular weight is 312 g/mol. The molecule has 0 spiro atoms. The molecule has 0 aliphatic heterocycles. The zero-order valence-corrected chi connectivity index (χ0v) is 10.5. The van der Waals surface area contributed by atoms with E-state index in [2.05, 4.69) is 10.1 Å². The van der Waals surface area contributed by atoms with Gasteiger partial charge in [-0.2, -0.15) is 0 Å². The fraction of sp³-hybridized carbons (Fsp3) is 0.500. The molecule has 0 heterocycles. The summed E-state index contributed by atoms with van der Waals surface area (Å²) in [5.74, 6) is -0.552. The van der Waals surface area contributed by atoms with Gasteiger partial charge in [0.15, 0.2) is 0 Å². The average Bonchev–Trinajstić information content (AvgIpc) is 2.18. The van der Waals surface area contributed by atoms with Crippen LogP contribution < -0.4 is 5.32 Å². The van der Waals surface area contributed by atoms with E-state index in [1.807, 2.05) is 22.6 Å². The Kier molecular flexibility index (Phi) is 6.26. The van der Waals surface area contributed by atoms with Gasteiger partial charge in [-0.15, -0.1) is 0 Å². The molecular formula is C8H13IN2O3. The largest absolute Gasteiger partial charge is 0.478 e. The Balaban J connectivity index is 4.82. The van der Waals surface area contributed by atoms with Gasteiger partial charge in [0.25, 0.3) is 0 Å². The fourth-order valence-electron chi connectivity index (χ4n) is 0.725. The first-order chi connectivity index (χ1) is 6.58. The Morgan fingerprint density at radius 1 is 1.57 bits per heavy atom. The highest BCUT2D eigenvalue weighted by Gasteiger charge is 2.16. The van der Waals surface area contributed by atoms with Crippen molar-refractivity contribution in [3.8, 4) is 0 Å². The van der Waals surface area contributed by atoms with E-state index >= 15 is 0 Å². The molecule has 0 bridgehead atoms. The number of ether oxygens (including phenoxy) is 2. The summed E-state index contributed by atoms with van der Waals surface area (Å²) >= 11 is 1.86. The molecule has 6 heteroatoms. The maximum absolute atomic E-state index is 11.2. The summed E-state index contributed by atoms with van der Waals surface area (Å²) in [4.78, 5) is 11.2. The van der Waals surface area contributed by atoms with Gasteiger partial charge in [-0.1, -0.05) is 0 Å². The van der Waals surface area contributed by atoms with Crippen LogP contribution in [-0.2, 0) is 14.3 Å². The topological polar surface area (TPSA) is 71.4 Å². The van der Waals surface area contributed by atoms with Gasteiger partial charge in [0.05, 0.1) is 13.7 Å². The second-order valence-corrected chi connectivity index (χ2v) is 3.27. The Morgan fingerprint density at radius 2 is 2.14 bits per heavy atom. The Labute approximate surface area is 96.5 Å². The van der Waals surface area contributed by atoms with E-state index in [0.717, 1.165) is 0 Å². The third-order valence-corrected chi connectivity index (χ3v) is 2.38. The number of halogens is 1. The van der Waals surface area contributed by atoms with Crippen molar-refractivity contribution in [3.63, 3.8) is 0 Å². The number of rotatable bonds is 4. The van der Waals surface area contributed by atoms with Gasteiger partial charge in [-0.3, -0.25) is 5.41 Å². The lowest BCUT2D eigenvalue weighted by atomic mass is 10.4. The van der Waals surface area contributed by atoms with Crippen LogP contribution in [-0.4, -0.2) is 32.6 Å². The first kappa shape index (κ1) is 13.2. The van der Waals surface area contributed by atoms with Crippen molar-refractivity contribution in [3.05, 3.63) is 9.28 Å². The molecule has 0 unspecified atom stereocenters. The molecule has 0 atom stereocenters. The Morgan fingerprint density at radius 3 is 2.50 bits per heavy atom. The molecule has 0 aromatic heterocycles. The molecule has 0 fully saturated rings. The summed E-state index contributed by atoms with van der Waals surface area (Å²) < 4.78 is 9.89. The number of likely N-dealkylation sites (N-methyl/N-ethyl adjacent to an activating group) is 1. The van der Waals surface area contributed by atoms with E-state index in [4.69, 9.17) is 10.1 Å². The molecule has 14 heavy (non-hydrogen) atoms. The maximum atomic E-state index is 11.2. The van der Waals surface area contributed by atoms with E-state index in [0.29, 0.717) is 10.2 Å². The van der Waals surface area contributed by atoms with Gasteiger partial charge in [0.2, 0.25) is 5.90 Å². The normalized spacial score (nSPS) is 11.4. The number of nitrogens with one attached hydrogen (secondary N) is 2. The molecule has 0 saturated carbocycles. The summed E-state index contributed by atoms with van der Waals surface area (Å²) in [7, 11) is 2.87. The summed E-state index contributed by atoms with van der Waals surface area (Å²) in [5, 5.41) is 10.1. The summed E-state index contributed by atoms with van der Waals surface area (Å²) in [5.41, 5.74) is 0.228. The third kappa shape index (κ3) is 3.52. The third-order valence-electron chi connectivity index (χ3n) is 1.35. The Hall–Kier alpha value is -0.790. The minimum Gasteiger partial charge on any atom is -0.478 e. The predicted molar refractivity (Wildman–Crippen MR) is 61.5 cm³/mol. The van der Waals surface area contributed by atoms with Gasteiger partial charge in [-0.25, -0.2) is 4.79 Å². The summed E-state index contributed by atoms with van der Waals surface area (Å²) in [6, 6.07) is 0. The quantitative estimate of drug-likeness (QED) is 0.267. The summed E-state index contributed by atoms with van der Waals surface area (Å²) in [6.45, 7) is 2.17. The fourth-order valence-corrected chi connectivity index (χ4v) is 1.37. The van der Waals surface area contributed by atoms with E-state index < -0.39 is 5.97 Å². The molecule has 2 N–H and O–H groups in total. The molecular weight excluding hydrogens is 299 g/mol. The van der Waals surface area contributed by atoms with Crippen LogP contribution in [0.25, 0.3) is 0 Å². The highest BCUT2D eigenvalue weighted by molar-refractivity contribution is 14.1. The SMILES string of the molecule is CCOC(=N)/C(I)=C(\NC)C(=O)OC. The molecule has 80 valence electrons. The van der Waals surface area contributed by atoms with E-state index in [-0.39, 0.29) is 11.6 Å². The number of methoxy groups -OCH3 is 1. The van der Waals surface area contributed by atoms with E-state index in [1.165, 1.54) is 7.11 Å². The van der Waals surface area contributed by atoms with Gasteiger partial charge in [0, 0.05) is 7.05 Å². The van der Waals surface area contributed by atoms with Crippen molar-refractivity contribution in [2.45, 2.75) is 6.92 Å². The van der Waals surface area contributed by atoms with Gasteiger partial charge >= 0.3 is 5.97 Å².